The molecule has 0 spiro atoms. The minimum atomic E-state index is 0.549. The van der Waals surface area contributed by atoms with E-state index in [0.717, 1.165) is 44.5 Å². The Morgan fingerprint density at radius 1 is 0.218 bits per heavy atom. The topological polar surface area (TPSA) is 86.6 Å². The maximum absolute atomic E-state index is 6.39. The van der Waals surface area contributed by atoms with Crippen molar-refractivity contribution in [1.82, 2.24) is 29.9 Å². The molecule has 2 heterocycles. The minimum absolute atomic E-state index is 0.549. The molecule has 9 rings (SSSR count). The fourth-order valence-corrected chi connectivity index (χ4v) is 6.26. The van der Waals surface area contributed by atoms with Crippen molar-refractivity contribution in [2.75, 3.05) is 0 Å². The normalized spacial score (nSPS) is 10.9. The van der Waals surface area contributed by atoms with E-state index >= 15 is 0 Å². The highest BCUT2D eigenvalue weighted by Crippen LogP contribution is 2.32. The van der Waals surface area contributed by atoms with Crippen LogP contribution in [0.2, 0.25) is 0 Å². The fourth-order valence-electron chi connectivity index (χ4n) is 6.26. The second-order valence-electron chi connectivity index (χ2n) is 12.8. The molecule has 0 bridgehead atoms. The van der Waals surface area contributed by atoms with Gasteiger partial charge < -0.3 is 4.74 Å². The van der Waals surface area contributed by atoms with E-state index in [1.165, 1.54) is 0 Å². The van der Waals surface area contributed by atoms with Crippen LogP contribution < -0.4 is 4.74 Å². The van der Waals surface area contributed by atoms with Gasteiger partial charge in [-0.05, 0) is 53.6 Å². The molecule has 260 valence electrons. The molecule has 0 N–H and O–H groups in total. The Balaban J connectivity index is 1.03. The van der Waals surface area contributed by atoms with Crippen molar-refractivity contribution in [3.05, 3.63) is 194 Å². The fraction of sp³-hybridized carbons (Fsp3) is 0. The molecule has 0 amide bonds. The second-order valence-corrected chi connectivity index (χ2v) is 12.8. The highest BCUT2D eigenvalue weighted by molar-refractivity contribution is 5.73. The minimum Gasteiger partial charge on any atom is -0.457 e. The van der Waals surface area contributed by atoms with E-state index in [-0.39, 0.29) is 0 Å². The van der Waals surface area contributed by atoms with Crippen molar-refractivity contribution in [2.45, 2.75) is 0 Å². The van der Waals surface area contributed by atoms with Crippen molar-refractivity contribution in [1.29, 1.82) is 0 Å². The van der Waals surface area contributed by atoms with E-state index in [4.69, 9.17) is 34.6 Å². The molecular formula is C48H32N6O. The molecule has 7 nitrogen and oxygen atoms in total. The molecule has 0 fully saturated rings. The van der Waals surface area contributed by atoms with Gasteiger partial charge in [-0.25, -0.2) is 29.9 Å². The smallest absolute Gasteiger partial charge is 0.164 e. The molecule has 55 heavy (non-hydrogen) atoms. The van der Waals surface area contributed by atoms with Gasteiger partial charge in [-0.15, -0.1) is 0 Å². The quantitative estimate of drug-likeness (QED) is 0.147. The molecular weight excluding hydrogens is 677 g/mol. The Morgan fingerprint density at radius 2 is 0.545 bits per heavy atom. The van der Waals surface area contributed by atoms with Crippen LogP contribution in [-0.2, 0) is 0 Å². The van der Waals surface area contributed by atoms with Crippen LogP contribution in [0.1, 0.15) is 0 Å². The third kappa shape index (κ3) is 7.49. The SMILES string of the molecule is c1ccc(-c2cccc(-c3nc(-c4ccccc4)nc(-c4cccc(Oc5ccc(-c6nc(-c7ccccc7)nc(-c7ccccc7)n6)cc5)c4)n3)c2)cc1. The summed E-state index contributed by atoms with van der Waals surface area (Å²) in [6.07, 6.45) is 0. The molecule has 0 saturated heterocycles. The van der Waals surface area contributed by atoms with Gasteiger partial charge in [0.1, 0.15) is 11.5 Å². The van der Waals surface area contributed by atoms with E-state index in [0.29, 0.717) is 46.4 Å². The molecule has 2 aromatic heterocycles. The molecule has 0 unspecified atom stereocenters. The zero-order valence-corrected chi connectivity index (χ0v) is 29.6. The van der Waals surface area contributed by atoms with E-state index in [1.54, 1.807) is 0 Å². The molecule has 7 aromatic carbocycles. The maximum atomic E-state index is 6.39. The third-order valence-electron chi connectivity index (χ3n) is 9.04. The van der Waals surface area contributed by atoms with Crippen LogP contribution in [0.4, 0.5) is 0 Å². The van der Waals surface area contributed by atoms with Gasteiger partial charge in [-0.2, -0.15) is 0 Å². The lowest BCUT2D eigenvalue weighted by Crippen LogP contribution is -2.00. The number of benzene rings is 7. The molecule has 0 aliphatic heterocycles. The summed E-state index contributed by atoms with van der Waals surface area (Å²) in [5.41, 5.74) is 7.52. The summed E-state index contributed by atoms with van der Waals surface area (Å²) in [5.74, 6) is 4.86. The molecule has 0 aliphatic carbocycles. The number of hydrogen-bond donors (Lipinski definition) is 0. The predicted octanol–water partition coefficient (Wildman–Crippen LogP) is 11.5. The van der Waals surface area contributed by atoms with Gasteiger partial charge in [0.25, 0.3) is 0 Å². The molecule has 0 atom stereocenters. The van der Waals surface area contributed by atoms with Crippen LogP contribution in [0.15, 0.2) is 194 Å². The zero-order chi connectivity index (χ0) is 36.8. The Hall–Kier alpha value is -7.64. The summed E-state index contributed by atoms with van der Waals surface area (Å²) in [5, 5.41) is 0. The lowest BCUT2D eigenvalue weighted by Gasteiger charge is -2.11. The highest BCUT2D eigenvalue weighted by atomic mass is 16.5. The molecule has 0 saturated carbocycles. The van der Waals surface area contributed by atoms with Gasteiger partial charge in [0.15, 0.2) is 34.9 Å². The van der Waals surface area contributed by atoms with Crippen LogP contribution in [-0.4, -0.2) is 29.9 Å². The van der Waals surface area contributed by atoms with Gasteiger partial charge in [0.2, 0.25) is 0 Å². The number of nitrogens with zero attached hydrogens (tertiary/aromatic N) is 6. The number of hydrogen-bond acceptors (Lipinski definition) is 7. The van der Waals surface area contributed by atoms with E-state index in [1.807, 2.05) is 170 Å². The highest BCUT2D eigenvalue weighted by Gasteiger charge is 2.15. The first-order chi connectivity index (χ1) is 27.2. The van der Waals surface area contributed by atoms with Gasteiger partial charge >= 0.3 is 0 Å². The van der Waals surface area contributed by atoms with Crippen molar-refractivity contribution in [3.63, 3.8) is 0 Å². The Bertz CT molecular complexity index is 2650. The number of ether oxygens (including phenoxy) is 1. The van der Waals surface area contributed by atoms with Crippen LogP contribution in [0.5, 0.6) is 11.5 Å². The van der Waals surface area contributed by atoms with E-state index in [2.05, 4.69) is 24.3 Å². The molecule has 0 radical (unpaired) electrons. The van der Waals surface area contributed by atoms with Crippen LogP contribution in [0.3, 0.4) is 0 Å². The first kappa shape index (κ1) is 33.2. The number of rotatable bonds is 9. The Labute approximate surface area is 318 Å². The summed E-state index contributed by atoms with van der Waals surface area (Å²) in [6, 6.07) is 64.0. The van der Waals surface area contributed by atoms with Crippen molar-refractivity contribution < 1.29 is 4.74 Å². The van der Waals surface area contributed by atoms with Gasteiger partial charge in [-0.3, -0.25) is 0 Å². The maximum Gasteiger partial charge on any atom is 0.164 e. The second kappa shape index (κ2) is 15.1. The average molecular weight is 709 g/mol. The lowest BCUT2D eigenvalue weighted by atomic mass is 10.0. The third-order valence-corrected chi connectivity index (χ3v) is 9.04. The Morgan fingerprint density at radius 3 is 1.00 bits per heavy atom. The van der Waals surface area contributed by atoms with Crippen LogP contribution >= 0.6 is 0 Å². The molecule has 7 heteroatoms. The van der Waals surface area contributed by atoms with Crippen molar-refractivity contribution >= 4 is 0 Å². The Kier molecular flexibility index (Phi) is 9.15. The largest absolute Gasteiger partial charge is 0.457 e. The van der Waals surface area contributed by atoms with Gasteiger partial charge in [0.05, 0.1) is 0 Å². The summed E-state index contributed by atoms with van der Waals surface area (Å²) in [7, 11) is 0. The summed E-state index contributed by atoms with van der Waals surface area (Å²) >= 11 is 0. The van der Waals surface area contributed by atoms with E-state index < -0.39 is 0 Å². The molecule has 0 aliphatic rings. The standard InChI is InChI=1S/C48H32N6O/c1-5-15-33(16-6-1)38-23-13-24-39(31-38)47-52-45(36-21-11-4-12-22-36)53-48(54-47)40-25-14-26-42(32-40)55-41-29-27-37(28-30-41)46-50-43(34-17-7-2-8-18-34)49-44(51-46)35-19-9-3-10-20-35/h1-32H. The van der Waals surface area contributed by atoms with Crippen LogP contribution in [0, 0.1) is 0 Å². The van der Waals surface area contributed by atoms with Crippen LogP contribution in [0.25, 0.3) is 79.5 Å². The monoisotopic (exact) mass is 708 g/mol. The lowest BCUT2D eigenvalue weighted by molar-refractivity contribution is 0.483. The summed E-state index contributed by atoms with van der Waals surface area (Å²) in [4.78, 5) is 29.4. The zero-order valence-electron chi connectivity index (χ0n) is 29.6. The number of aromatic nitrogens is 6. The summed E-state index contributed by atoms with van der Waals surface area (Å²) in [6.45, 7) is 0. The first-order valence-corrected chi connectivity index (χ1v) is 17.9. The first-order valence-electron chi connectivity index (χ1n) is 17.9. The molecule has 9 aromatic rings. The van der Waals surface area contributed by atoms with Gasteiger partial charge in [0, 0.05) is 33.4 Å². The average Bonchev–Trinajstić information content (AvgIpc) is 3.28. The predicted molar refractivity (Wildman–Crippen MR) is 218 cm³/mol. The van der Waals surface area contributed by atoms with E-state index in [9.17, 15) is 0 Å². The van der Waals surface area contributed by atoms with Gasteiger partial charge in [-0.1, -0.05) is 152 Å². The summed E-state index contributed by atoms with van der Waals surface area (Å²) < 4.78 is 6.39. The van der Waals surface area contributed by atoms with Crippen molar-refractivity contribution in [3.8, 4) is 91.0 Å². The van der Waals surface area contributed by atoms with Crippen molar-refractivity contribution in [2.24, 2.45) is 0 Å².